The van der Waals surface area contributed by atoms with Crippen LogP contribution in [0.5, 0.6) is 0 Å². The quantitative estimate of drug-likeness (QED) is 0.358. The van der Waals surface area contributed by atoms with Gasteiger partial charge in [-0.25, -0.2) is 4.98 Å². The Morgan fingerprint density at radius 1 is 1.20 bits per heavy atom. The molecule has 3 aromatic rings. The van der Waals surface area contributed by atoms with Gasteiger partial charge in [0.05, 0.1) is 21.8 Å². The number of unbranched alkanes of at least 4 members (excludes halogenated alkanes) is 1. The van der Waals surface area contributed by atoms with Gasteiger partial charge in [0.25, 0.3) is 0 Å². The molecule has 0 unspecified atom stereocenters. The normalized spacial score (nSPS) is 11.2. The van der Waals surface area contributed by atoms with Gasteiger partial charge in [-0.3, -0.25) is 4.79 Å². The van der Waals surface area contributed by atoms with E-state index in [-0.39, 0.29) is 11.5 Å². The Morgan fingerprint density at radius 3 is 2.76 bits per heavy atom. The number of imidazole rings is 1. The second-order valence-corrected chi connectivity index (χ2v) is 7.51. The van der Waals surface area contributed by atoms with E-state index in [1.54, 1.807) is 18.2 Å². The van der Waals surface area contributed by atoms with E-state index in [2.05, 4.69) is 22.5 Å². The second kappa shape index (κ2) is 8.26. The highest BCUT2D eigenvalue weighted by Gasteiger charge is 2.15. The number of nitrogens with zero attached hydrogens (tertiary/aromatic N) is 2. The summed E-state index contributed by atoms with van der Waals surface area (Å²) in [6.45, 7) is 3.06. The first-order chi connectivity index (χ1) is 12.1. The van der Waals surface area contributed by atoms with Gasteiger partial charge in [-0.05, 0) is 36.8 Å². The maximum atomic E-state index is 12.5. The fourth-order valence-electron chi connectivity index (χ4n) is 2.62. The van der Waals surface area contributed by atoms with Crippen molar-refractivity contribution in [1.82, 2.24) is 9.55 Å². The maximum absolute atomic E-state index is 12.5. The maximum Gasteiger partial charge on any atom is 0.174 e. The third kappa shape index (κ3) is 4.20. The number of para-hydroxylation sites is 2. The van der Waals surface area contributed by atoms with E-state index < -0.39 is 0 Å². The monoisotopic (exact) mass is 392 g/mol. The van der Waals surface area contributed by atoms with Gasteiger partial charge in [0, 0.05) is 17.1 Å². The second-order valence-electron chi connectivity index (χ2n) is 5.72. The predicted molar refractivity (Wildman–Crippen MR) is 106 cm³/mol. The number of benzene rings is 2. The number of thioether (sulfide) groups is 1. The number of rotatable bonds is 7. The van der Waals surface area contributed by atoms with E-state index in [4.69, 9.17) is 23.2 Å². The van der Waals surface area contributed by atoms with Crippen molar-refractivity contribution in [2.45, 2.75) is 31.5 Å². The van der Waals surface area contributed by atoms with Gasteiger partial charge in [0.15, 0.2) is 10.9 Å². The number of aromatic nitrogens is 2. The Morgan fingerprint density at radius 2 is 2.00 bits per heavy atom. The number of hydrogen-bond donors (Lipinski definition) is 0. The van der Waals surface area contributed by atoms with Crippen molar-refractivity contribution >= 4 is 51.8 Å². The van der Waals surface area contributed by atoms with Crippen molar-refractivity contribution in [2.24, 2.45) is 0 Å². The number of halogens is 2. The molecule has 1 heterocycles. The highest BCUT2D eigenvalue weighted by molar-refractivity contribution is 7.99. The van der Waals surface area contributed by atoms with Gasteiger partial charge in [0.2, 0.25) is 0 Å². The number of carbonyl (C=O) groups is 1. The molecular formula is C19H18Cl2N2OS. The molecule has 2 aromatic carbocycles. The number of fused-ring (bicyclic) bond motifs is 1. The molecule has 6 heteroatoms. The van der Waals surface area contributed by atoms with Crippen molar-refractivity contribution in [3.63, 3.8) is 0 Å². The van der Waals surface area contributed by atoms with Crippen molar-refractivity contribution in [2.75, 3.05) is 5.75 Å². The van der Waals surface area contributed by atoms with Gasteiger partial charge in [-0.1, -0.05) is 60.4 Å². The standard InChI is InChI=1S/C19H18Cl2N2OS/c1-2-3-10-23-17-7-5-4-6-16(17)22-19(23)25-12-18(24)14-9-8-13(20)11-15(14)21/h4-9,11H,2-3,10,12H2,1H3. The fraction of sp³-hybridized carbons (Fsp3) is 0.263. The van der Waals surface area contributed by atoms with Crippen LogP contribution < -0.4 is 0 Å². The topological polar surface area (TPSA) is 34.9 Å². The molecule has 0 amide bonds. The molecule has 0 N–H and O–H groups in total. The van der Waals surface area contributed by atoms with Crippen LogP contribution in [0.15, 0.2) is 47.6 Å². The van der Waals surface area contributed by atoms with Crippen molar-refractivity contribution < 1.29 is 4.79 Å². The highest BCUT2D eigenvalue weighted by Crippen LogP contribution is 2.27. The highest BCUT2D eigenvalue weighted by atomic mass is 35.5. The lowest BCUT2D eigenvalue weighted by Gasteiger charge is -2.08. The molecule has 25 heavy (non-hydrogen) atoms. The lowest BCUT2D eigenvalue weighted by Crippen LogP contribution is -2.06. The summed E-state index contributed by atoms with van der Waals surface area (Å²) in [5.74, 6) is 0.261. The molecule has 0 atom stereocenters. The van der Waals surface area contributed by atoms with Gasteiger partial charge < -0.3 is 4.57 Å². The first-order valence-corrected chi connectivity index (χ1v) is 9.90. The summed E-state index contributed by atoms with van der Waals surface area (Å²) in [5.41, 5.74) is 2.56. The van der Waals surface area contributed by atoms with Crippen LogP contribution in [0.1, 0.15) is 30.1 Å². The molecule has 0 fully saturated rings. The van der Waals surface area contributed by atoms with Crippen LogP contribution in [-0.2, 0) is 6.54 Å². The average molecular weight is 393 g/mol. The van der Waals surface area contributed by atoms with Crippen molar-refractivity contribution in [3.05, 3.63) is 58.1 Å². The molecule has 0 aliphatic rings. The largest absolute Gasteiger partial charge is 0.319 e. The summed E-state index contributed by atoms with van der Waals surface area (Å²) in [4.78, 5) is 17.2. The smallest absolute Gasteiger partial charge is 0.174 e. The Balaban J connectivity index is 1.81. The van der Waals surface area contributed by atoms with E-state index in [1.165, 1.54) is 11.8 Å². The molecule has 130 valence electrons. The van der Waals surface area contributed by atoms with Crippen LogP contribution in [-0.4, -0.2) is 21.1 Å². The van der Waals surface area contributed by atoms with Gasteiger partial charge in [-0.2, -0.15) is 0 Å². The summed E-state index contributed by atoms with van der Waals surface area (Å²) < 4.78 is 2.19. The average Bonchev–Trinajstić information content (AvgIpc) is 2.95. The molecule has 0 aliphatic carbocycles. The number of hydrogen-bond acceptors (Lipinski definition) is 3. The fourth-order valence-corrected chi connectivity index (χ4v) is 4.06. The number of Topliss-reactive ketones (excluding diaryl/α,β-unsaturated/α-hetero) is 1. The zero-order valence-electron chi connectivity index (χ0n) is 13.8. The molecule has 0 bridgehead atoms. The molecule has 0 spiro atoms. The molecule has 0 saturated carbocycles. The number of ketones is 1. The zero-order chi connectivity index (χ0) is 17.8. The van der Waals surface area contributed by atoms with Gasteiger partial charge in [0.1, 0.15) is 0 Å². The van der Waals surface area contributed by atoms with Crippen LogP contribution in [0, 0.1) is 0 Å². The minimum atomic E-state index is -0.0271. The van der Waals surface area contributed by atoms with Crippen LogP contribution >= 0.6 is 35.0 Å². The minimum absolute atomic E-state index is 0.0271. The SMILES string of the molecule is CCCCn1c(SCC(=O)c2ccc(Cl)cc2Cl)nc2ccccc21. The lowest BCUT2D eigenvalue weighted by atomic mass is 10.1. The summed E-state index contributed by atoms with van der Waals surface area (Å²) in [6.07, 6.45) is 2.18. The molecular weight excluding hydrogens is 375 g/mol. The summed E-state index contributed by atoms with van der Waals surface area (Å²) in [6, 6.07) is 13.0. The van der Waals surface area contributed by atoms with Gasteiger partial charge in [-0.15, -0.1) is 0 Å². The first kappa shape index (κ1) is 18.3. The van der Waals surface area contributed by atoms with E-state index in [0.29, 0.717) is 15.6 Å². The predicted octanol–water partition coefficient (Wildman–Crippen LogP) is 6.12. The Hall–Kier alpha value is -1.49. The van der Waals surface area contributed by atoms with Crippen LogP contribution in [0.25, 0.3) is 11.0 Å². The first-order valence-electron chi connectivity index (χ1n) is 8.16. The van der Waals surface area contributed by atoms with E-state index in [9.17, 15) is 4.79 Å². The molecule has 1 aromatic heterocycles. The van der Waals surface area contributed by atoms with E-state index in [0.717, 1.165) is 35.6 Å². The van der Waals surface area contributed by atoms with Crippen molar-refractivity contribution in [3.8, 4) is 0 Å². The van der Waals surface area contributed by atoms with E-state index in [1.807, 2.05) is 18.2 Å². The Bertz CT molecular complexity index is 908. The van der Waals surface area contributed by atoms with Crippen LogP contribution in [0.3, 0.4) is 0 Å². The molecule has 0 aliphatic heterocycles. The minimum Gasteiger partial charge on any atom is -0.319 e. The third-order valence-electron chi connectivity index (χ3n) is 3.92. The summed E-state index contributed by atoms with van der Waals surface area (Å²) in [7, 11) is 0. The Kier molecular flexibility index (Phi) is 6.05. The number of aryl methyl sites for hydroxylation is 1. The van der Waals surface area contributed by atoms with E-state index >= 15 is 0 Å². The van der Waals surface area contributed by atoms with Crippen LogP contribution in [0.4, 0.5) is 0 Å². The third-order valence-corrected chi connectivity index (χ3v) is 5.44. The zero-order valence-corrected chi connectivity index (χ0v) is 16.2. The molecule has 3 nitrogen and oxygen atoms in total. The summed E-state index contributed by atoms with van der Waals surface area (Å²) in [5, 5.41) is 1.78. The molecule has 0 saturated heterocycles. The summed E-state index contributed by atoms with van der Waals surface area (Å²) >= 11 is 13.5. The van der Waals surface area contributed by atoms with Crippen molar-refractivity contribution in [1.29, 1.82) is 0 Å². The number of carbonyl (C=O) groups excluding carboxylic acids is 1. The molecule has 0 radical (unpaired) electrons. The molecule has 3 rings (SSSR count). The van der Waals surface area contributed by atoms with Crippen LogP contribution in [0.2, 0.25) is 10.0 Å². The Labute approximate surface area is 161 Å². The van der Waals surface area contributed by atoms with Gasteiger partial charge >= 0.3 is 0 Å². The lowest BCUT2D eigenvalue weighted by molar-refractivity contribution is 0.102.